The van der Waals surface area contributed by atoms with Gasteiger partial charge in [0.15, 0.2) is 0 Å². The van der Waals surface area contributed by atoms with Crippen LogP contribution in [0.3, 0.4) is 0 Å². The first-order chi connectivity index (χ1) is 6.25. The Balaban J connectivity index is 2.18. The SMILES string of the molecule is COCCCC(N)C1CCOC1C. The molecule has 1 aliphatic heterocycles. The molecule has 0 bridgehead atoms. The van der Waals surface area contributed by atoms with E-state index < -0.39 is 0 Å². The van der Waals surface area contributed by atoms with Gasteiger partial charge in [-0.2, -0.15) is 0 Å². The lowest BCUT2D eigenvalue weighted by Gasteiger charge is -2.21. The minimum absolute atomic E-state index is 0.285. The normalized spacial score (nSPS) is 30.7. The van der Waals surface area contributed by atoms with Crippen molar-refractivity contribution in [3.63, 3.8) is 0 Å². The van der Waals surface area contributed by atoms with Crippen molar-refractivity contribution >= 4 is 0 Å². The third-order valence-electron chi connectivity index (χ3n) is 2.87. The highest BCUT2D eigenvalue weighted by Gasteiger charge is 2.28. The maximum atomic E-state index is 6.07. The Morgan fingerprint density at radius 3 is 2.92 bits per heavy atom. The van der Waals surface area contributed by atoms with E-state index in [9.17, 15) is 0 Å². The van der Waals surface area contributed by atoms with E-state index in [1.54, 1.807) is 7.11 Å². The van der Waals surface area contributed by atoms with E-state index in [4.69, 9.17) is 15.2 Å². The Kier molecular flexibility index (Phi) is 4.70. The molecule has 0 spiro atoms. The third kappa shape index (κ3) is 3.25. The highest BCUT2D eigenvalue weighted by Crippen LogP contribution is 2.24. The van der Waals surface area contributed by atoms with Crippen LogP contribution in [0.15, 0.2) is 0 Å². The molecule has 1 rings (SSSR count). The van der Waals surface area contributed by atoms with Crippen LogP contribution in [0.5, 0.6) is 0 Å². The number of ether oxygens (including phenoxy) is 2. The van der Waals surface area contributed by atoms with Gasteiger partial charge in [-0.05, 0) is 26.2 Å². The molecule has 1 heterocycles. The van der Waals surface area contributed by atoms with Crippen molar-refractivity contribution in [2.75, 3.05) is 20.3 Å². The third-order valence-corrected chi connectivity index (χ3v) is 2.87. The van der Waals surface area contributed by atoms with Crippen LogP contribution < -0.4 is 5.73 Å². The smallest absolute Gasteiger partial charge is 0.0590 e. The Morgan fingerprint density at radius 2 is 2.38 bits per heavy atom. The summed E-state index contributed by atoms with van der Waals surface area (Å²) >= 11 is 0. The quantitative estimate of drug-likeness (QED) is 0.657. The monoisotopic (exact) mass is 187 g/mol. The molecule has 0 saturated carbocycles. The molecule has 0 aromatic rings. The summed E-state index contributed by atoms with van der Waals surface area (Å²) in [6.07, 6.45) is 3.57. The first kappa shape index (κ1) is 11.0. The summed E-state index contributed by atoms with van der Waals surface area (Å²) in [5.74, 6) is 0.553. The molecule has 78 valence electrons. The lowest BCUT2D eigenvalue weighted by molar-refractivity contribution is 0.0970. The van der Waals surface area contributed by atoms with E-state index in [0.29, 0.717) is 12.0 Å². The fraction of sp³-hybridized carbons (Fsp3) is 1.00. The Labute approximate surface area is 80.6 Å². The Bertz CT molecular complexity index is 141. The van der Waals surface area contributed by atoms with Gasteiger partial charge in [-0.3, -0.25) is 0 Å². The summed E-state index contributed by atoms with van der Waals surface area (Å²) in [7, 11) is 1.73. The van der Waals surface area contributed by atoms with E-state index >= 15 is 0 Å². The van der Waals surface area contributed by atoms with Crippen molar-refractivity contribution in [3.05, 3.63) is 0 Å². The van der Waals surface area contributed by atoms with Crippen molar-refractivity contribution in [1.29, 1.82) is 0 Å². The zero-order valence-electron chi connectivity index (χ0n) is 8.66. The number of hydrogen-bond acceptors (Lipinski definition) is 3. The minimum Gasteiger partial charge on any atom is -0.385 e. The molecule has 0 radical (unpaired) electrons. The molecule has 1 fully saturated rings. The second kappa shape index (κ2) is 5.58. The van der Waals surface area contributed by atoms with Crippen LogP contribution in [-0.2, 0) is 9.47 Å². The van der Waals surface area contributed by atoms with Crippen LogP contribution in [-0.4, -0.2) is 32.5 Å². The lowest BCUT2D eigenvalue weighted by Crippen LogP contribution is -2.34. The van der Waals surface area contributed by atoms with Gasteiger partial charge >= 0.3 is 0 Å². The van der Waals surface area contributed by atoms with Crippen molar-refractivity contribution in [2.45, 2.75) is 38.3 Å². The van der Waals surface area contributed by atoms with Crippen LogP contribution in [0.1, 0.15) is 26.2 Å². The number of rotatable bonds is 5. The molecule has 0 amide bonds. The van der Waals surface area contributed by atoms with Gasteiger partial charge in [0.25, 0.3) is 0 Å². The fourth-order valence-electron chi connectivity index (χ4n) is 1.99. The van der Waals surface area contributed by atoms with Crippen molar-refractivity contribution < 1.29 is 9.47 Å². The van der Waals surface area contributed by atoms with Gasteiger partial charge in [-0.25, -0.2) is 0 Å². The summed E-state index contributed by atoms with van der Waals surface area (Å²) in [5.41, 5.74) is 6.07. The van der Waals surface area contributed by atoms with E-state index in [1.165, 1.54) is 0 Å². The Hall–Kier alpha value is -0.120. The second-order valence-electron chi connectivity index (χ2n) is 3.83. The zero-order chi connectivity index (χ0) is 9.68. The molecule has 3 heteroatoms. The summed E-state index contributed by atoms with van der Waals surface area (Å²) in [4.78, 5) is 0. The van der Waals surface area contributed by atoms with Crippen molar-refractivity contribution in [1.82, 2.24) is 0 Å². The molecule has 3 nitrogen and oxygen atoms in total. The minimum atomic E-state index is 0.285. The van der Waals surface area contributed by atoms with Gasteiger partial charge < -0.3 is 15.2 Å². The summed E-state index contributed by atoms with van der Waals surface area (Å²) < 4.78 is 10.5. The van der Waals surface area contributed by atoms with Gasteiger partial charge in [0.2, 0.25) is 0 Å². The van der Waals surface area contributed by atoms with E-state index in [1.807, 2.05) is 0 Å². The maximum Gasteiger partial charge on any atom is 0.0590 e. The van der Waals surface area contributed by atoms with Crippen LogP contribution in [0, 0.1) is 5.92 Å². The predicted molar refractivity (Wildman–Crippen MR) is 52.6 cm³/mol. The average molecular weight is 187 g/mol. The van der Waals surface area contributed by atoms with E-state index in [0.717, 1.165) is 32.5 Å². The molecule has 3 unspecified atom stereocenters. The first-order valence-corrected chi connectivity index (χ1v) is 5.12. The number of methoxy groups -OCH3 is 1. The largest absolute Gasteiger partial charge is 0.385 e. The van der Waals surface area contributed by atoms with Crippen molar-refractivity contribution in [3.8, 4) is 0 Å². The van der Waals surface area contributed by atoms with Gasteiger partial charge in [0.1, 0.15) is 0 Å². The maximum absolute atomic E-state index is 6.07. The van der Waals surface area contributed by atoms with Gasteiger partial charge in [-0.1, -0.05) is 0 Å². The summed E-state index contributed by atoms with van der Waals surface area (Å²) in [6, 6.07) is 0.285. The molecular formula is C10H21NO2. The molecule has 1 saturated heterocycles. The average Bonchev–Trinajstić information content (AvgIpc) is 2.52. The lowest BCUT2D eigenvalue weighted by atomic mass is 9.91. The highest BCUT2D eigenvalue weighted by atomic mass is 16.5. The van der Waals surface area contributed by atoms with E-state index in [-0.39, 0.29) is 6.04 Å². The molecule has 13 heavy (non-hydrogen) atoms. The molecule has 1 aliphatic rings. The molecule has 0 aromatic carbocycles. The first-order valence-electron chi connectivity index (χ1n) is 5.12. The zero-order valence-corrected chi connectivity index (χ0v) is 8.66. The van der Waals surface area contributed by atoms with Crippen LogP contribution in [0.25, 0.3) is 0 Å². The molecule has 3 atom stereocenters. The molecular weight excluding hydrogens is 166 g/mol. The summed E-state index contributed by atoms with van der Waals surface area (Å²) in [5, 5.41) is 0. The second-order valence-corrected chi connectivity index (χ2v) is 3.83. The van der Waals surface area contributed by atoms with Gasteiger partial charge in [0, 0.05) is 32.3 Å². The van der Waals surface area contributed by atoms with Gasteiger partial charge in [0.05, 0.1) is 6.10 Å². The van der Waals surface area contributed by atoms with Crippen molar-refractivity contribution in [2.24, 2.45) is 11.7 Å². The predicted octanol–water partition coefficient (Wildman–Crippen LogP) is 1.17. The van der Waals surface area contributed by atoms with E-state index in [2.05, 4.69) is 6.92 Å². The number of nitrogens with two attached hydrogens (primary N) is 1. The highest BCUT2D eigenvalue weighted by molar-refractivity contribution is 4.81. The van der Waals surface area contributed by atoms with Crippen LogP contribution >= 0.6 is 0 Å². The van der Waals surface area contributed by atoms with Crippen LogP contribution in [0.4, 0.5) is 0 Å². The standard InChI is InChI=1S/C10H21NO2/c1-8-9(5-7-13-8)10(11)4-3-6-12-2/h8-10H,3-7,11H2,1-2H3. The van der Waals surface area contributed by atoms with Gasteiger partial charge in [-0.15, -0.1) is 0 Å². The van der Waals surface area contributed by atoms with Crippen LogP contribution in [0.2, 0.25) is 0 Å². The number of hydrogen-bond donors (Lipinski definition) is 1. The molecule has 2 N–H and O–H groups in total. The summed E-state index contributed by atoms with van der Waals surface area (Å²) in [6.45, 7) is 3.81. The topological polar surface area (TPSA) is 44.5 Å². The molecule has 0 aromatic heterocycles. The Morgan fingerprint density at radius 1 is 1.62 bits per heavy atom. The fourth-order valence-corrected chi connectivity index (χ4v) is 1.99. The molecule has 0 aliphatic carbocycles.